The number of carbonyl (C=O) groups is 1. The predicted molar refractivity (Wildman–Crippen MR) is 105 cm³/mol. The van der Waals surface area contributed by atoms with E-state index >= 15 is 0 Å². The molecule has 1 rings (SSSR count). The molecule has 5 nitrogen and oxygen atoms in total. The van der Waals surface area contributed by atoms with E-state index in [2.05, 4.69) is 47.0 Å². The molecule has 0 aliphatic carbocycles. The van der Waals surface area contributed by atoms with E-state index in [0.717, 1.165) is 19.4 Å². The highest BCUT2D eigenvalue weighted by atomic mass is 127. The summed E-state index contributed by atoms with van der Waals surface area (Å²) in [5.74, 6) is 0.703. The number of likely N-dealkylation sites (N-methyl/N-ethyl adjacent to an activating group) is 1. The smallest absolute Gasteiger partial charge is 0.243 e. The Morgan fingerprint density at radius 2 is 2.18 bits per heavy atom. The molecule has 1 aromatic rings. The molecule has 0 bridgehead atoms. The molecule has 1 heterocycles. The second-order valence-corrected chi connectivity index (χ2v) is 6.20. The van der Waals surface area contributed by atoms with Crippen LogP contribution < -0.4 is 10.6 Å². The quantitative estimate of drug-likeness (QED) is 0.391. The molecule has 126 valence electrons. The molecule has 1 atom stereocenters. The number of rotatable bonds is 7. The molecule has 1 aromatic heterocycles. The van der Waals surface area contributed by atoms with Gasteiger partial charge in [0, 0.05) is 31.6 Å². The van der Waals surface area contributed by atoms with Crippen LogP contribution in [0.5, 0.6) is 0 Å². The van der Waals surface area contributed by atoms with Gasteiger partial charge in [0.15, 0.2) is 5.96 Å². The highest BCUT2D eigenvalue weighted by molar-refractivity contribution is 14.0. The molecule has 0 aromatic carbocycles. The lowest BCUT2D eigenvalue weighted by atomic mass is 10.3. The summed E-state index contributed by atoms with van der Waals surface area (Å²) >= 11 is 1.75. The number of guanidine groups is 1. The number of hydrogen-bond donors (Lipinski definition) is 2. The van der Waals surface area contributed by atoms with Crippen LogP contribution in [0.15, 0.2) is 22.5 Å². The third-order valence-electron chi connectivity index (χ3n) is 3.11. The summed E-state index contributed by atoms with van der Waals surface area (Å²) in [5.41, 5.74) is 0. The molecular formula is C15H27IN4OS. The zero-order chi connectivity index (χ0) is 15.7. The molecule has 1 amide bonds. The van der Waals surface area contributed by atoms with Crippen LogP contribution in [0.2, 0.25) is 0 Å². The molecule has 22 heavy (non-hydrogen) atoms. The van der Waals surface area contributed by atoms with Crippen molar-refractivity contribution < 1.29 is 4.79 Å². The Bertz CT molecular complexity index is 448. The van der Waals surface area contributed by atoms with Crippen molar-refractivity contribution in [3.63, 3.8) is 0 Å². The van der Waals surface area contributed by atoms with E-state index in [9.17, 15) is 4.79 Å². The Kier molecular flexibility index (Phi) is 11.3. The molecule has 7 heteroatoms. The first-order valence-electron chi connectivity index (χ1n) is 7.30. The molecule has 2 N–H and O–H groups in total. The zero-order valence-electron chi connectivity index (χ0n) is 13.8. The lowest BCUT2D eigenvalue weighted by Gasteiger charge is -2.17. The van der Waals surface area contributed by atoms with E-state index in [1.165, 1.54) is 4.88 Å². The van der Waals surface area contributed by atoms with Crippen LogP contribution in [0.3, 0.4) is 0 Å². The van der Waals surface area contributed by atoms with E-state index < -0.39 is 0 Å². The minimum atomic E-state index is -0.00138. The van der Waals surface area contributed by atoms with E-state index in [0.29, 0.717) is 12.0 Å². The first-order valence-corrected chi connectivity index (χ1v) is 8.18. The molecule has 0 spiro atoms. The summed E-state index contributed by atoms with van der Waals surface area (Å²) in [6.45, 7) is 5.19. The van der Waals surface area contributed by atoms with Gasteiger partial charge in [-0.05, 0) is 31.2 Å². The topological polar surface area (TPSA) is 56.7 Å². The molecule has 0 aliphatic heterocycles. The van der Waals surface area contributed by atoms with Crippen molar-refractivity contribution in [2.24, 2.45) is 4.99 Å². The van der Waals surface area contributed by atoms with Crippen LogP contribution >= 0.6 is 35.3 Å². The van der Waals surface area contributed by atoms with Crippen molar-refractivity contribution in [3.05, 3.63) is 22.4 Å². The lowest BCUT2D eigenvalue weighted by Crippen LogP contribution is -2.43. The minimum Gasteiger partial charge on any atom is -0.356 e. The average Bonchev–Trinajstić information content (AvgIpc) is 2.96. The second-order valence-electron chi connectivity index (χ2n) is 5.16. The Balaban J connectivity index is 0.00000441. The highest BCUT2D eigenvalue weighted by Gasteiger charge is 2.06. The number of amides is 1. The number of thiophene rings is 1. The molecule has 0 fully saturated rings. The van der Waals surface area contributed by atoms with Gasteiger partial charge in [0.2, 0.25) is 5.91 Å². The normalized spacial score (nSPS) is 12.3. The summed E-state index contributed by atoms with van der Waals surface area (Å²) in [4.78, 5) is 18.9. The van der Waals surface area contributed by atoms with Crippen molar-refractivity contribution in [2.45, 2.75) is 32.7 Å². The Morgan fingerprint density at radius 1 is 1.45 bits per heavy atom. The monoisotopic (exact) mass is 438 g/mol. The van der Waals surface area contributed by atoms with Gasteiger partial charge in [-0.15, -0.1) is 35.3 Å². The summed E-state index contributed by atoms with van der Waals surface area (Å²) in [6, 6.07) is 4.51. The van der Waals surface area contributed by atoms with Crippen LogP contribution in [0.25, 0.3) is 0 Å². The van der Waals surface area contributed by atoms with E-state index in [1.807, 2.05) is 0 Å². The van der Waals surface area contributed by atoms with Crippen LogP contribution in [0.4, 0.5) is 0 Å². The Hall–Kier alpha value is -0.830. The van der Waals surface area contributed by atoms with Crippen molar-refractivity contribution >= 4 is 47.2 Å². The van der Waals surface area contributed by atoms with Crippen LogP contribution in [-0.2, 0) is 11.2 Å². The second kappa shape index (κ2) is 11.7. The molecule has 0 radical (unpaired) electrons. The summed E-state index contributed by atoms with van der Waals surface area (Å²) in [7, 11) is 3.48. The van der Waals surface area contributed by atoms with Crippen molar-refractivity contribution in [2.75, 3.05) is 27.2 Å². The minimum absolute atomic E-state index is 0. The molecule has 1 unspecified atom stereocenters. The van der Waals surface area contributed by atoms with Gasteiger partial charge >= 0.3 is 0 Å². The first-order chi connectivity index (χ1) is 10.0. The maximum Gasteiger partial charge on any atom is 0.243 e. The van der Waals surface area contributed by atoms with Crippen molar-refractivity contribution in [1.82, 2.24) is 15.5 Å². The highest BCUT2D eigenvalue weighted by Crippen LogP contribution is 2.07. The standard InChI is InChI=1S/C15H26N4OS.HI/c1-5-12(2)18-15(17-11-14(20)19(3)4)16-9-8-13-7-6-10-21-13;/h6-7,10,12H,5,8-9,11H2,1-4H3,(H2,16,17,18);1H. The molecule has 0 saturated carbocycles. The summed E-state index contributed by atoms with van der Waals surface area (Å²) < 4.78 is 0. The Morgan fingerprint density at radius 3 is 2.73 bits per heavy atom. The Labute approximate surface area is 154 Å². The third kappa shape index (κ3) is 8.57. The number of hydrogen-bond acceptors (Lipinski definition) is 3. The van der Waals surface area contributed by atoms with Crippen LogP contribution in [-0.4, -0.2) is 50.0 Å². The maximum atomic E-state index is 11.6. The maximum absolute atomic E-state index is 11.6. The van der Waals surface area contributed by atoms with Gasteiger partial charge in [-0.2, -0.15) is 0 Å². The van der Waals surface area contributed by atoms with E-state index in [1.54, 1.807) is 30.3 Å². The van der Waals surface area contributed by atoms with Gasteiger partial charge in [-0.1, -0.05) is 13.0 Å². The van der Waals surface area contributed by atoms with Gasteiger partial charge in [0.25, 0.3) is 0 Å². The number of halogens is 1. The number of aliphatic imine (C=N–C) groups is 1. The molecule has 0 aliphatic rings. The van der Waals surface area contributed by atoms with E-state index in [4.69, 9.17) is 0 Å². The van der Waals surface area contributed by atoms with Gasteiger partial charge in [-0.3, -0.25) is 4.79 Å². The SMILES string of the molecule is CCC(C)NC(=NCC(=O)N(C)C)NCCc1cccs1.I. The largest absolute Gasteiger partial charge is 0.356 e. The van der Waals surface area contributed by atoms with Crippen molar-refractivity contribution in [3.8, 4) is 0 Å². The van der Waals surface area contributed by atoms with E-state index in [-0.39, 0.29) is 36.4 Å². The fraction of sp³-hybridized carbons (Fsp3) is 0.600. The summed E-state index contributed by atoms with van der Waals surface area (Å²) in [5, 5.41) is 8.69. The lowest BCUT2D eigenvalue weighted by molar-refractivity contribution is -0.127. The average molecular weight is 438 g/mol. The fourth-order valence-electron chi connectivity index (χ4n) is 1.54. The van der Waals surface area contributed by atoms with Gasteiger partial charge in [0.1, 0.15) is 6.54 Å². The van der Waals surface area contributed by atoms with Crippen LogP contribution in [0, 0.1) is 0 Å². The van der Waals surface area contributed by atoms with Gasteiger partial charge < -0.3 is 15.5 Å². The fourth-order valence-corrected chi connectivity index (χ4v) is 2.24. The number of nitrogens with one attached hydrogen (secondary N) is 2. The zero-order valence-corrected chi connectivity index (χ0v) is 16.9. The molecular weight excluding hydrogens is 411 g/mol. The van der Waals surface area contributed by atoms with Crippen LogP contribution in [0.1, 0.15) is 25.1 Å². The first kappa shape index (κ1) is 21.2. The number of nitrogens with zero attached hydrogens (tertiary/aromatic N) is 2. The third-order valence-corrected chi connectivity index (χ3v) is 4.05. The summed E-state index contributed by atoms with van der Waals surface area (Å²) in [6.07, 6.45) is 1.97. The number of carbonyl (C=O) groups excluding carboxylic acids is 1. The van der Waals surface area contributed by atoms with Gasteiger partial charge in [-0.25, -0.2) is 4.99 Å². The molecule has 0 saturated heterocycles. The predicted octanol–water partition coefficient (Wildman–Crippen LogP) is 2.33. The van der Waals surface area contributed by atoms with Gasteiger partial charge in [0.05, 0.1) is 0 Å². The van der Waals surface area contributed by atoms with Crippen molar-refractivity contribution in [1.29, 1.82) is 0 Å².